The second kappa shape index (κ2) is 12.1. The molecule has 170 valence electrons. The van der Waals surface area contributed by atoms with Crippen LogP contribution >= 0.6 is 23.2 Å². The molecule has 0 fully saturated rings. The molecule has 0 spiro atoms. The first-order valence-electron chi connectivity index (χ1n) is 12.3. The zero-order valence-electron chi connectivity index (χ0n) is 19.4. The van der Waals surface area contributed by atoms with E-state index in [0.29, 0.717) is 10.3 Å². The third-order valence-electron chi connectivity index (χ3n) is 6.86. The summed E-state index contributed by atoms with van der Waals surface area (Å²) in [6.45, 7) is 5.44. The summed E-state index contributed by atoms with van der Waals surface area (Å²) < 4.78 is 4.33. The molecule has 1 unspecified atom stereocenters. The quantitative estimate of drug-likeness (QED) is 0.209. The van der Waals surface area contributed by atoms with Crippen LogP contribution in [-0.2, 0) is 18.5 Å². The van der Waals surface area contributed by atoms with Crippen LogP contribution < -0.4 is 4.57 Å². The number of hydrogen-bond donors (Lipinski definition) is 0. The molecule has 0 radical (unpaired) electrons. The highest BCUT2D eigenvalue weighted by molar-refractivity contribution is 6.39. The highest BCUT2D eigenvalue weighted by Gasteiger charge is 2.39. The lowest BCUT2D eigenvalue weighted by Crippen LogP contribution is -2.38. The minimum Gasteiger partial charge on any atom is -0.219 e. The maximum atomic E-state index is 6.75. The van der Waals surface area contributed by atoms with Gasteiger partial charge in [-0.1, -0.05) is 95.6 Å². The fourth-order valence-electron chi connectivity index (χ4n) is 4.76. The maximum Gasteiger partial charge on any atom is 0.255 e. The molecule has 1 aromatic heterocycles. The molecule has 2 aromatic rings. The van der Waals surface area contributed by atoms with Crippen LogP contribution in [0.25, 0.3) is 6.08 Å². The Morgan fingerprint density at radius 2 is 1.55 bits per heavy atom. The summed E-state index contributed by atoms with van der Waals surface area (Å²) in [5, 5.41) is 1.32. The Morgan fingerprint density at radius 1 is 0.903 bits per heavy atom. The highest BCUT2D eigenvalue weighted by Crippen LogP contribution is 2.37. The predicted molar refractivity (Wildman–Crippen MR) is 134 cm³/mol. The van der Waals surface area contributed by atoms with Gasteiger partial charge in [0.15, 0.2) is 0 Å². The van der Waals surface area contributed by atoms with Crippen LogP contribution in [0.3, 0.4) is 0 Å². The van der Waals surface area contributed by atoms with Gasteiger partial charge in [0.25, 0.3) is 10.3 Å². The minimum atomic E-state index is -0.155. The fourth-order valence-corrected chi connectivity index (χ4v) is 5.30. The molecule has 0 saturated carbocycles. The molecule has 0 N–H and O–H groups in total. The monoisotopic (exact) mass is 461 g/mol. The first-order chi connectivity index (χ1) is 15.1. The van der Waals surface area contributed by atoms with Gasteiger partial charge in [0.1, 0.15) is 5.54 Å². The van der Waals surface area contributed by atoms with Crippen LogP contribution in [0.2, 0.25) is 10.3 Å². The van der Waals surface area contributed by atoms with E-state index in [9.17, 15) is 0 Å². The lowest BCUT2D eigenvalue weighted by Gasteiger charge is -2.30. The molecule has 2 nitrogen and oxygen atoms in total. The van der Waals surface area contributed by atoms with E-state index in [1.54, 1.807) is 0 Å². The van der Waals surface area contributed by atoms with E-state index < -0.39 is 0 Å². The molecular weight excluding hydrogens is 423 g/mol. The first-order valence-corrected chi connectivity index (χ1v) is 13.1. The van der Waals surface area contributed by atoms with Crippen molar-refractivity contribution in [3.63, 3.8) is 0 Å². The van der Waals surface area contributed by atoms with E-state index in [1.165, 1.54) is 68.9 Å². The first kappa shape index (κ1) is 24.4. The number of allylic oxidation sites excluding steroid dienone is 1. The van der Waals surface area contributed by atoms with E-state index in [0.717, 1.165) is 25.8 Å². The number of halogens is 2. The van der Waals surface area contributed by atoms with Crippen molar-refractivity contribution >= 4 is 29.3 Å². The normalized spacial score (nSPS) is 17.8. The van der Waals surface area contributed by atoms with Crippen LogP contribution in [0.4, 0.5) is 0 Å². The van der Waals surface area contributed by atoms with E-state index in [-0.39, 0.29) is 5.54 Å². The third-order valence-corrected chi connectivity index (χ3v) is 7.71. The van der Waals surface area contributed by atoms with Crippen LogP contribution in [0.15, 0.2) is 36.7 Å². The number of hydrogen-bond acceptors (Lipinski definition) is 0. The standard InChI is InChI=1S/C27H39Cl2N2/c1-3-5-6-7-8-9-10-11-12-15-20-30-22-31(26(29)25(30)28)27(4-2)19-18-23-16-13-14-17-24(23)21-27/h13-14,16-19,22H,3-12,15,20-21H2,1-2H3/q+1. The van der Waals surface area contributed by atoms with E-state index in [4.69, 9.17) is 23.2 Å². The Morgan fingerprint density at radius 3 is 2.23 bits per heavy atom. The number of rotatable bonds is 13. The Labute approximate surface area is 199 Å². The number of nitrogens with zero attached hydrogens (tertiary/aromatic N) is 2. The summed E-state index contributed by atoms with van der Waals surface area (Å²) in [5.41, 5.74) is 2.52. The Kier molecular flexibility index (Phi) is 9.53. The van der Waals surface area contributed by atoms with Gasteiger partial charge in [-0.3, -0.25) is 0 Å². The molecule has 0 bridgehead atoms. The topological polar surface area (TPSA) is 8.81 Å². The molecule has 3 rings (SSSR count). The number of unbranched alkanes of at least 4 members (excludes halogenated alkanes) is 9. The molecule has 0 aliphatic heterocycles. The van der Waals surface area contributed by atoms with Gasteiger partial charge in [0.05, 0.1) is 6.54 Å². The van der Waals surface area contributed by atoms with Crippen LogP contribution in [0.1, 0.15) is 95.6 Å². The molecule has 0 amide bonds. The van der Waals surface area contributed by atoms with Crippen molar-refractivity contribution in [3.05, 3.63) is 58.1 Å². The zero-order chi connectivity index (χ0) is 22.1. The molecule has 1 aliphatic rings. The average Bonchev–Trinajstić information content (AvgIpc) is 3.09. The number of fused-ring (bicyclic) bond motifs is 1. The van der Waals surface area contributed by atoms with Crippen molar-refractivity contribution in [1.82, 2.24) is 4.57 Å². The summed E-state index contributed by atoms with van der Waals surface area (Å²) >= 11 is 13.4. The molecule has 31 heavy (non-hydrogen) atoms. The summed E-state index contributed by atoms with van der Waals surface area (Å²) in [5.74, 6) is 0. The van der Waals surface area contributed by atoms with Gasteiger partial charge in [0.2, 0.25) is 6.33 Å². The van der Waals surface area contributed by atoms with Gasteiger partial charge in [0, 0.05) is 6.42 Å². The van der Waals surface area contributed by atoms with Crippen molar-refractivity contribution in [3.8, 4) is 0 Å². The number of benzene rings is 1. The summed E-state index contributed by atoms with van der Waals surface area (Å²) in [6.07, 6.45) is 22.0. The average molecular weight is 463 g/mol. The second-order valence-corrected chi connectivity index (χ2v) is 9.82. The Hall–Kier alpha value is -1.25. The van der Waals surface area contributed by atoms with Gasteiger partial charge >= 0.3 is 0 Å². The third kappa shape index (κ3) is 6.17. The molecule has 1 aliphatic carbocycles. The lowest BCUT2D eigenvalue weighted by molar-refractivity contribution is -0.695. The smallest absolute Gasteiger partial charge is 0.219 e. The number of imidazole rings is 1. The van der Waals surface area contributed by atoms with Gasteiger partial charge in [-0.05, 0) is 59.7 Å². The largest absolute Gasteiger partial charge is 0.255 e. The Bertz CT molecular complexity index is 855. The van der Waals surface area contributed by atoms with Gasteiger partial charge < -0.3 is 0 Å². The fraction of sp³-hybridized carbons (Fsp3) is 0.593. The van der Waals surface area contributed by atoms with Crippen LogP contribution in [0, 0.1) is 0 Å². The summed E-state index contributed by atoms with van der Waals surface area (Å²) in [4.78, 5) is 0. The van der Waals surface area contributed by atoms with E-state index in [1.807, 2.05) is 0 Å². The SMILES string of the molecule is CCCCCCCCCCCC[n+]1cn(C2(CC)C=Cc3ccccc3C2)c(Cl)c1Cl. The maximum absolute atomic E-state index is 6.75. The number of aromatic nitrogens is 2. The van der Waals surface area contributed by atoms with Gasteiger partial charge in [-0.2, -0.15) is 0 Å². The van der Waals surface area contributed by atoms with Crippen molar-refractivity contribution in [2.75, 3.05) is 0 Å². The zero-order valence-corrected chi connectivity index (χ0v) is 20.9. The summed E-state index contributed by atoms with van der Waals surface area (Å²) in [6, 6.07) is 8.62. The predicted octanol–water partition coefficient (Wildman–Crippen LogP) is 8.38. The highest BCUT2D eigenvalue weighted by atomic mass is 35.5. The van der Waals surface area contributed by atoms with Gasteiger partial charge in [-0.25, -0.2) is 9.13 Å². The lowest BCUT2D eigenvalue weighted by atomic mass is 9.81. The van der Waals surface area contributed by atoms with Crippen molar-refractivity contribution in [2.45, 2.75) is 103 Å². The number of aryl methyl sites for hydroxylation is 1. The van der Waals surface area contributed by atoms with Crippen LogP contribution in [0.5, 0.6) is 0 Å². The van der Waals surface area contributed by atoms with Crippen molar-refractivity contribution in [1.29, 1.82) is 0 Å². The van der Waals surface area contributed by atoms with E-state index in [2.05, 4.69) is 65.7 Å². The molecule has 0 saturated heterocycles. The van der Waals surface area contributed by atoms with Crippen molar-refractivity contribution < 1.29 is 4.57 Å². The molecule has 1 aromatic carbocycles. The molecule has 1 atom stereocenters. The second-order valence-electron chi connectivity index (χ2n) is 9.11. The van der Waals surface area contributed by atoms with Crippen molar-refractivity contribution in [2.24, 2.45) is 0 Å². The Balaban J connectivity index is 1.53. The van der Waals surface area contributed by atoms with Crippen LogP contribution in [-0.4, -0.2) is 4.57 Å². The molecular formula is C27H39Cl2N2+. The summed E-state index contributed by atoms with van der Waals surface area (Å²) in [7, 11) is 0. The minimum absolute atomic E-state index is 0.155. The van der Waals surface area contributed by atoms with E-state index >= 15 is 0 Å². The van der Waals surface area contributed by atoms with Gasteiger partial charge in [-0.15, -0.1) is 0 Å². The molecule has 1 heterocycles. The molecule has 4 heteroatoms.